The summed E-state index contributed by atoms with van der Waals surface area (Å²) in [5, 5.41) is 19.5. The third kappa shape index (κ3) is 2.37. The number of anilines is 1. The molecule has 1 saturated heterocycles. The number of ether oxygens (including phenoxy) is 1. The van der Waals surface area contributed by atoms with Crippen molar-refractivity contribution in [3.63, 3.8) is 0 Å². The minimum atomic E-state index is -0.585. The van der Waals surface area contributed by atoms with E-state index in [2.05, 4.69) is 14.9 Å². The lowest BCUT2D eigenvalue weighted by atomic mass is 9.79. The summed E-state index contributed by atoms with van der Waals surface area (Å²) in [4.78, 5) is 10.7. The van der Waals surface area contributed by atoms with Gasteiger partial charge in [-0.05, 0) is 24.7 Å². The molecule has 2 N–H and O–H groups in total. The zero-order chi connectivity index (χ0) is 13.4. The van der Waals surface area contributed by atoms with E-state index in [1.165, 1.54) is 0 Å². The molecule has 1 aliphatic heterocycles. The Morgan fingerprint density at radius 3 is 2.11 bits per heavy atom. The summed E-state index contributed by atoms with van der Waals surface area (Å²) in [6.45, 7) is 1.70. The summed E-state index contributed by atoms with van der Waals surface area (Å²) >= 11 is 0. The van der Waals surface area contributed by atoms with E-state index in [1.807, 2.05) is 0 Å². The Hall–Kier alpha value is -1.40. The molecule has 0 amide bonds. The van der Waals surface area contributed by atoms with E-state index in [0.717, 1.165) is 13.1 Å². The first-order valence-corrected chi connectivity index (χ1v) is 6.64. The van der Waals surface area contributed by atoms with Gasteiger partial charge in [0.05, 0.1) is 31.7 Å². The van der Waals surface area contributed by atoms with Crippen LogP contribution in [0.15, 0.2) is 12.4 Å². The lowest BCUT2D eigenvalue weighted by molar-refractivity contribution is -0.0372. The average molecular weight is 265 g/mol. The summed E-state index contributed by atoms with van der Waals surface area (Å²) in [6.07, 6.45) is 3.48. The van der Waals surface area contributed by atoms with Crippen molar-refractivity contribution in [1.29, 1.82) is 0 Å². The molecule has 2 fully saturated rings. The third-order valence-corrected chi connectivity index (χ3v) is 4.24. The second kappa shape index (κ2) is 4.94. The van der Waals surface area contributed by atoms with Gasteiger partial charge in [-0.25, -0.2) is 9.97 Å². The van der Waals surface area contributed by atoms with Crippen LogP contribution in [0.3, 0.4) is 0 Å². The molecule has 0 bridgehead atoms. The number of aliphatic hydroxyl groups is 2. The largest absolute Gasteiger partial charge is 0.494 e. The maximum absolute atomic E-state index is 9.73. The normalized spacial score (nSPS) is 34.2. The summed E-state index contributed by atoms with van der Waals surface area (Å²) in [5.74, 6) is 2.18. The summed E-state index contributed by atoms with van der Waals surface area (Å²) in [5.41, 5.74) is 0. The van der Waals surface area contributed by atoms with E-state index in [4.69, 9.17) is 4.74 Å². The van der Waals surface area contributed by atoms with Crippen LogP contribution in [0, 0.1) is 11.8 Å². The molecule has 0 radical (unpaired) electrons. The highest BCUT2D eigenvalue weighted by atomic mass is 16.5. The zero-order valence-corrected chi connectivity index (χ0v) is 10.9. The van der Waals surface area contributed by atoms with Gasteiger partial charge in [0, 0.05) is 13.1 Å². The van der Waals surface area contributed by atoms with Crippen molar-refractivity contribution in [2.75, 3.05) is 25.1 Å². The number of rotatable bonds is 2. The first-order valence-electron chi connectivity index (χ1n) is 6.64. The number of hydrogen-bond donors (Lipinski definition) is 2. The number of nitrogens with zero attached hydrogens (tertiary/aromatic N) is 3. The first-order chi connectivity index (χ1) is 9.17. The molecule has 104 valence electrons. The summed E-state index contributed by atoms with van der Waals surface area (Å²) in [7, 11) is 1.59. The molecule has 0 spiro atoms. The Labute approximate surface area is 112 Å². The quantitative estimate of drug-likeness (QED) is 0.787. The molecular weight excluding hydrogens is 246 g/mol. The van der Waals surface area contributed by atoms with Crippen LogP contribution in [0.5, 0.6) is 5.75 Å². The smallest absolute Gasteiger partial charge is 0.225 e. The van der Waals surface area contributed by atoms with Crippen LogP contribution in [-0.4, -0.2) is 52.6 Å². The third-order valence-electron chi connectivity index (χ3n) is 4.24. The molecule has 0 aromatic carbocycles. The molecule has 6 heteroatoms. The van der Waals surface area contributed by atoms with E-state index < -0.39 is 12.2 Å². The standard InChI is InChI=1S/C13H19N3O3/c1-19-10-4-14-13(15-5-10)16-6-8-2-11(17)12(18)3-9(8)7-16/h4-5,8-9,11-12,17-18H,2-3,6-7H2,1H3/t8-,9+,11-,12-/m0/s1. The predicted octanol–water partition coefficient (Wildman–Crippen LogP) is 0.0532. The molecule has 2 aliphatic rings. The van der Waals surface area contributed by atoms with E-state index in [-0.39, 0.29) is 0 Å². The Balaban J connectivity index is 1.71. The monoisotopic (exact) mass is 265 g/mol. The number of hydrogen-bond acceptors (Lipinski definition) is 6. The van der Waals surface area contributed by atoms with Gasteiger partial charge in [0.25, 0.3) is 0 Å². The maximum atomic E-state index is 9.73. The number of methoxy groups -OCH3 is 1. The van der Waals surface area contributed by atoms with Crippen molar-refractivity contribution < 1.29 is 14.9 Å². The van der Waals surface area contributed by atoms with E-state index in [1.54, 1.807) is 19.5 Å². The Morgan fingerprint density at radius 2 is 1.63 bits per heavy atom. The zero-order valence-electron chi connectivity index (χ0n) is 10.9. The van der Waals surface area contributed by atoms with Gasteiger partial charge in [0.2, 0.25) is 5.95 Å². The van der Waals surface area contributed by atoms with Gasteiger partial charge in [-0.3, -0.25) is 0 Å². The van der Waals surface area contributed by atoms with Crippen LogP contribution >= 0.6 is 0 Å². The first kappa shape index (κ1) is 12.6. The molecule has 19 heavy (non-hydrogen) atoms. The second-order valence-electron chi connectivity index (χ2n) is 5.45. The molecule has 1 aromatic rings. The lowest BCUT2D eigenvalue weighted by Gasteiger charge is -2.31. The van der Waals surface area contributed by atoms with E-state index in [0.29, 0.717) is 36.4 Å². The molecule has 0 unspecified atom stereocenters. The van der Waals surface area contributed by atoms with Crippen molar-refractivity contribution in [3.8, 4) is 5.75 Å². The highest BCUT2D eigenvalue weighted by molar-refractivity contribution is 5.34. The number of fused-ring (bicyclic) bond motifs is 1. The van der Waals surface area contributed by atoms with Crippen LogP contribution < -0.4 is 9.64 Å². The topological polar surface area (TPSA) is 78.7 Å². The minimum Gasteiger partial charge on any atom is -0.494 e. The highest BCUT2D eigenvalue weighted by Crippen LogP contribution is 2.37. The van der Waals surface area contributed by atoms with Gasteiger partial charge >= 0.3 is 0 Å². The van der Waals surface area contributed by atoms with Gasteiger partial charge in [-0.2, -0.15) is 0 Å². The van der Waals surface area contributed by atoms with E-state index >= 15 is 0 Å². The molecule has 2 heterocycles. The highest BCUT2D eigenvalue weighted by Gasteiger charge is 2.41. The molecule has 1 aliphatic carbocycles. The fraction of sp³-hybridized carbons (Fsp3) is 0.692. The van der Waals surface area contributed by atoms with Gasteiger partial charge < -0.3 is 19.8 Å². The van der Waals surface area contributed by atoms with Crippen molar-refractivity contribution in [3.05, 3.63) is 12.4 Å². The average Bonchev–Trinajstić information content (AvgIpc) is 2.82. The summed E-state index contributed by atoms with van der Waals surface area (Å²) < 4.78 is 5.04. The van der Waals surface area contributed by atoms with Crippen molar-refractivity contribution in [2.45, 2.75) is 25.0 Å². The van der Waals surface area contributed by atoms with Crippen LogP contribution in [0.1, 0.15) is 12.8 Å². The molecule has 6 nitrogen and oxygen atoms in total. The molecule has 3 rings (SSSR count). The summed E-state index contributed by atoms with van der Waals surface area (Å²) in [6, 6.07) is 0. The van der Waals surface area contributed by atoms with Crippen LogP contribution in [0.4, 0.5) is 5.95 Å². The van der Waals surface area contributed by atoms with Crippen LogP contribution in [0.25, 0.3) is 0 Å². The van der Waals surface area contributed by atoms with Crippen molar-refractivity contribution >= 4 is 5.95 Å². The van der Waals surface area contributed by atoms with Gasteiger partial charge in [-0.1, -0.05) is 0 Å². The molecule has 1 aromatic heterocycles. The number of aromatic nitrogens is 2. The number of aliphatic hydroxyl groups excluding tert-OH is 2. The second-order valence-corrected chi connectivity index (χ2v) is 5.45. The van der Waals surface area contributed by atoms with Crippen LogP contribution in [-0.2, 0) is 0 Å². The Morgan fingerprint density at radius 1 is 1.11 bits per heavy atom. The maximum Gasteiger partial charge on any atom is 0.225 e. The SMILES string of the molecule is COc1cnc(N2C[C@H]3C[C@H](O)[C@@H](O)C[C@H]3C2)nc1. The molecule has 1 saturated carbocycles. The van der Waals surface area contributed by atoms with Crippen molar-refractivity contribution in [2.24, 2.45) is 11.8 Å². The van der Waals surface area contributed by atoms with E-state index in [9.17, 15) is 10.2 Å². The minimum absolute atomic E-state index is 0.420. The predicted molar refractivity (Wildman–Crippen MR) is 69.0 cm³/mol. The molecule has 4 atom stereocenters. The van der Waals surface area contributed by atoms with Crippen molar-refractivity contribution in [1.82, 2.24) is 9.97 Å². The van der Waals surface area contributed by atoms with Gasteiger partial charge in [0.1, 0.15) is 0 Å². The fourth-order valence-electron chi connectivity index (χ4n) is 3.15. The van der Waals surface area contributed by atoms with Gasteiger partial charge in [0.15, 0.2) is 5.75 Å². The Kier molecular flexibility index (Phi) is 3.28. The lowest BCUT2D eigenvalue weighted by Crippen LogP contribution is -2.38. The van der Waals surface area contributed by atoms with Gasteiger partial charge in [-0.15, -0.1) is 0 Å². The Bertz CT molecular complexity index is 421. The molecular formula is C13H19N3O3. The fourth-order valence-corrected chi connectivity index (χ4v) is 3.15. The van der Waals surface area contributed by atoms with Crippen LogP contribution in [0.2, 0.25) is 0 Å².